The van der Waals surface area contributed by atoms with Gasteiger partial charge in [0.15, 0.2) is 0 Å². The van der Waals surface area contributed by atoms with E-state index in [9.17, 15) is 0 Å². The lowest BCUT2D eigenvalue weighted by Gasteiger charge is -2.10. The molecule has 1 heterocycles. The predicted molar refractivity (Wildman–Crippen MR) is 76.0 cm³/mol. The Hall–Kier alpha value is -1.39. The number of pyridine rings is 1. The molecular weight excluding hydrogens is 292 g/mol. The third kappa shape index (κ3) is 3.31. The van der Waals surface area contributed by atoms with Gasteiger partial charge in [0.05, 0.1) is 0 Å². The van der Waals surface area contributed by atoms with Gasteiger partial charge >= 0.3 is 0 Å². The monoisotopic (exact) mass is 306 g/mol. The molecule has 0 atom stereocenters. The number of aryl methyl sites for hydroxylation is 1. The van der Waals surface area contributed by atoms with E-state index in [-0.39, 0.29) is 0 Å². The SMILES string of the molecule is CNCc1cc(Br)cnc1Oc1cccc(C)c1. The second-order valence-electron chi connectivity index (χ2n) is 4.07. The van der Waals surface area contributed by atoms with Crippen molar-refractivity contribution in [3.8, 4) is 11.6 Å². The van der Waals surface area contributed by atoms with Crippen LogP contribution in [-0.2, 0) is 6.54 Å². The highest BCUT2D eigenvalue weighted by atomic mass is 79.9. The fourth-order valence-corrected chi connectivity index (χ4v) is 2.05. The molecule has 0 aliphatic heterocycles. The van der Waals surface area contributed by atoms with Crippen molar-refractivity contribution < 1.29 is 4.74 Å². The zero-order chi connectivity index (χ0) is 13.0. The van der Waals surface area contributed by atoms with E-state index in [0.717, 1.165) is 15.8 Å². The lowest BCUT2D eigenvalue weighted by Crippen LogP contribution is -2.07. The number of hydrogen-bond donors (Lipinski definition) is 1. The minimum absolute atomic E-state index is 0.637. The van der Waals surface area contributed by atoms with E-state index in [1.165, 1.54) is 5.56 Å². The van der Waals surface area contributed by atoms with Crippen molar-refractivity contribution in [2.45, 2.75) is 13.5 Å². The highest BCUT2D eigenvalue weighted by molar-refractivity contribution is 9.10. The number of nitrogens with zero attached hydrogens (tertiary/aromatic N) is 1. The standard InChI is InChI=1S/C14H15BrN2O/c1-10-4-3-5-13(6-10)18-14-11(8-16-2)7-12(15)9-17-14/h3-7,9,16H,8H2,1-2H3. The summed E-state index contributed by atoms with van der Waals surface area (Å²) in [5.74, 6) is 1.44. The van der Waals surface area contributed by atoms with E-state index >= 15 is 0 Å². The summed E-state index contributed by atoms with van der Waals surface area (Å²) >= 11 is 3.42. The molecule has 1 N–H and O–H groups in total. The third-order valence-electron chi connectivity index (χ3n) is 2.46. The highest BCUT2D eigenvalue weighted by Gasteiger charge is 2.07. The van der Waals surface area contributed by atoms with Gasteiger partial charge in [-0.05, 0) is 53.7 Å². The van der Waals surface area contributed by atoms with E-state index < -0.39 is 0 Å². The molecule has 0 fully saturated rings. The number of ether oxygens (including phenoxy) is 1. The lowest BCUT2D eigenvalue weighted by molar-refractivity contribution is 0.453. The van der Waals surface area contributed by atoms with Gasteiger partial charge in [0.1, 0.15) is 5.75 Å². The minimum Gasteiger partial charge on any atom is -0.439 e. The molecule has 18 heavy (non-hydrogen) atoms. The van der Waals surface area contributed by atoms with Gasteiger partial charge in [-0.25, -0.2) is 4.98 Å². The Kier molecular flexibility index (Phi) is 4.33. The average molecular weight is 307 g/mol. The molecule has 1 aromatic heterocycles. The van der Waals surface area contributed by atoms with Crippen molar-refractivity contribution in [3.63, 3.8) is 0 Å². The summed E-state index contributed by atoms with van der Waals surface area (Å²) in [6.07, 6.45) is 1.74. The van der Waals surface area contributed by atoms with Crippen LogP contribution in [0.25, 0.3) is 0 Å². The Labute approximate surface area is 115 Å². The van der Waals surface area contributed by atoms with Crippen molar-refractivity contribution in [2.75, 3.05) is 7.05 Å². The molecule has 3 nitrogen and oxygen atoms in total. The molecule has 0 radical (unpaired) electrons. The molecule has 0 saturated heterocycles. The number of benzene rings is 1. The maximum Gasteiger partial charge on any atom is 0.223 e. The quantitative estimate of drug-likeness (QED) is 0.936. The summed E-state index contributed by atoms with van der Waals surface area (Å²) in [5.41, 5.74) is 2.19. The molecular formula is C14H15BrN2O. The third-order valence-corrected chi connectivity index (χ3v) is 2.90. The van der Waals surface area contributed by atoms with Gasteiger partial charge in [0.25, 0.3) is 0 Å². The Morgan fingerprint density at radius 2 is 2.17 bits per heavy atom. The minimum atomic E-state index is 0.637. The van der Waals surface area contributed by atoms with E-state index in [0.29, 0.717) is 12.4 Å². The van der Waals surface area contributed by atoms with Crippen LogP contribution in [0.2, 0.25) is 0 Å². The summed E-state index contributed by atoms with van der Waals surface area (Å²) in [5, 5.41) is 3.11. The molecule has 0 spiro atoms. The predicted octanol–water partition coefficient (Wildman–Crippen LogP) is 3.66. The van der Waals surface area contributed by atoms with Gasteiger partial charge in [-0.1, -0.05) is 12.1 Å². The zero-order valence-electron chi connectivity index (χ0n) is 10.4. The fraction of sp³-hybridized carbons (Fsp3) is 0.214. The van der Waals surface area contributed by atoms with Crippen LogP contribution in [0.5, 0.6) is 11.6 Å². The van der Waals surface area contributed by atoms with Gasteiger partial charge in [-0.3, -0.25) is 0 Å². The van der Waals surface area contributed by atoms with Crippen LogP contribution >= 0.6 is 15.9 Å². The van der Waals surface area contributed by atoms with Crippen LogP contribution in [0, 0.1) is 6.92 Å². The molecule has 0 unspecified atom stereocenters. The number of rotatable bonds is 4. The van der Waals surface area contributed by atoms with Crippen LogP contribution in [0.15, 0.2) is 41.0 Å². The number of aromatic nitrogens is 1. The van der Waals surface area contributed by atoms with Crippen molar-refractivity contribution in [1.82, 2.24) is 10.3 Å². The summed E-state index contributed by atoms with van der Waals surface area (Å²) < 4.78 is 6.77. The fourth-order valence-electron chi connectivity index (χ4n) is 1.67. The van der Waals surface area contributed by atoms with Gasteiger partial charge in [0, 0.05) is 22.8 Å². The summed E-state index contributed by atoms with van der Waals surface area (Å²) in [6, 6.07) is 9.94. The number of hydrogen-bond acceptors (Lipinski definition) is 3. The molecule has 0 bridgehead atoms. The first-order valence-corrected chi connectivity index (χ1v) is 6.52. The van der Waals surface area contributed by atoms with Crippen molar-refractivity contribution in [2.24, 2.45) is 0 Å². The Bertz CT molecular complexity index is 543. The summed E-state index contributed by atoms with van der Waals surface area (Å²) in [7, 11) is 1.90. The van der Waals surface area contributed by atoms with E-state index in [4.69, 9.17) is 4.74 Å². The van der Waals surface area contributed by atoms with E-state index in [1.807, 2.05) is 44.3 Å². The van der Waals surface area contributed by atoms with Gasteiger partial charge < -0.3 is 10.1 Å². The van der Waals surface area contributed by atoms with E-state index in [2.05, 4.69) is 26.2 Å². The second-order valence-corrected chi connectivity index (χ2v) is 4.98. The number of nitrogens with one attached hydrogen (secondary N) is 1. The first-order valence-electron chi connectivity index (χ1n) is 5.72. The molecule has 2 rings (SSSR count). The van der Waals surface area contributed by atoms with Crippen LogP contribution in [-0.4, -0.2) is 12.0 Å². The Morgan fingerprint density at radius 3 is 2.89 bits per heavy atom. The largest absolute Gasteiger partial charge is 0.439 e. The molecule has 2 aromatic rings. The molecule has 94 valence electrons. The van der Waals surface area contributed by atoms with E-state index in [1.54, 1.807) is 6.20 Å². The lowest BCUT2D eigenvalue weighted by atomic mass is 10.2. The van der Waals surface area contributed by atoms with Crippen LogP contribution in [0.1, 0.15) is 11.1 Å². The molecule has 1 aromatic carbocycles. The van der Waals surface area contributed by atoms with Crippen LogP contribution < -0.4 is 10.1 Å². The van der Waals surface area contributed by atoms with Gasteiger partial charge in [-0.2, -0.15) is 0 Å². The molecule has 0 aliphatic rings. The normalized spacial score (nSPS) is 10.4. The first-order chi connectivity index (χ1) is 8.69. The molecule has 4 heteroatoms. The van der Waals surface area contributed by atoms with Gasteiger partial charge in [-0.15, -0.1) is 0 Å². The Morgan fingerprint density at radius 1 is 1.33 bits per heavy atom. The van der Waals surface area contributed by atoms with Crippen LogP contribution in [0.3, 0.4) is 0 Å². The summed E-state index contributed by atoms with van der Waals surface area (Å²) in [4.78, 5) is 4.31. The van der Waals surface area contributed by atoms with Crippen LogP contribution in [0.4, 0.5) is 0 Å². The summed E-state index contributed by atoms with van der Waals surface area (Å²) in [6.45, 7) is 2.75. The first kappa shape index (κ1) is 13.1. The maximum atomic E-state index is 5.83. The molecule has 0 saturated carbocycles. The maximum absolute atomic E-state index is 5.83. The van der Waals surface area contributed by atoms with Gasteiger partial charge in [0.2, 0.25) is 5.88 Å². The topological polar surface area (TPSA) is 34.2 Å². The molecule has 0 aliphatic carbocycles. The van der Waals surface area contributed by atoms with Crippen molar-refractivity contribution in [1.29, 1.82) is 0 Å². The zero-order valence-corrected chi connectivity index (χ0v) is 12.0. The smallest absolute Gasteiger partial charge is 0.223 e. The number of halogens is 1. The second kappa shape index (κ2) is 5.98. The van der Waals surface area contributed by atoms with Crippen molar-refractivity contribution in [3.05, 3.63) is 52.1 Å². The Balaban J connectivity index is 2.28. The van der Waals surface area contributed by atoms with Crippen molar-refractivity contribution >= 4 is 15.9 Å². The molecule has 0 amide bonds. The highest BCUT2D eigenvalue weighted by Crippen LogP contribution is 2.25. The average Bonchev–Trinajstić information content (AvgIpc) is 2.33.